The van der Waals surface area contributed by atoms with Crippen molar-refractivity contribution in [2.75, 3.05) is 38.2 Å². The Kier molecular flexibility index (Phi) is 5.14. The van der Waals surface area contributed by atoms with E-state index in [-0.39, 0.29) is 17.5 Å². The van der Waals surface area contributed by atoms with Gasteiger partial charge in [0, 0.05) is 31.2 Å². The number of oxazole rings is 1. The topological polar surface area (TPSA) is 95.7 Å². The highest BCUT2D eigenvalue weighted by Crippen LogP contribution is 2.30. The van der Waals surface area contributed by atoms with Gasteiger partial charge in [0.25, 0.3) is 11.8 Å². The Bertz CT molecular complexity index is 1060. The Morgan fingerprint density at radius 1 is 1.28 bits per heavy atom. The van der Waals surface area contributed by atoms with Gasteiger partial charge in [-0.3, -0.25) is 4.79 Å². The van der Waals surface area contributed by atoms with Crippen LogP contribution in [0.3, 0.4) is 0 Å². The number of rotatable bonds is 4. The Morgan fingerprint density at radius 3 is 2.72 bits per heavy atom. The van der Waals surface area contributed by atoms with Gasteiger partial charge >= 0.3 is 0 Å². The number of piperazine rings is 1. The van der Waals surface area contributed by atoms with E-state index in [0.717, 1.165) is 0 Å². The molecule has 29 heavy (non-hydrogen) atoms. The van der Waals surface area contributed by atoms with Crippen LogP contribution in [0.2, 0.25) is 5.02 Å². The molecule has 4 rings (SSSR count). The molecule has 0 saturated carbocycles. The number of nitriles is 1. The monoisotopic (exact) mass is 412 g/mol. The molecule has 0 unspecified atom stereocenters. The summed E-state index contributed by atoms with van der Waals surface area (Å²) in [5.74, 6) is 1.41. The Balaban J connectivity index is 1.50. The van der Waals surface area contributed by atoms with Crippen molar-refractivity contribution in [3.05, 3.63) is 52.9 Å². The second-order valence-corrected chi connectivity index (χ2v) is 6.82. The first-order valence-electron chi connectivity index (χ1n) is 8.93. The molecule has 9 heteroatoms. The quantitative estimate of drug-likeness (QED) is 0.647. The number of amides is 1. The lowest BCUT2D eigenvalue weighted by Crippen LogP contribution is -2.49. The minimum Gasteiger partial charge on any atom is -0.496 e. The van der Waals surface area contributed by atoms with E-state index in [1.807, 2.05) is 4.90 Å². The molecule has 0 atom stereocenters. The van der Waals surface area contributed by atoms with Crippen molar-refractivity contribution in [1.29, 1.82) is 5.26 Å². The lowest BCUT2D eigenvalue weighted by Gasteiger charge is -2.34. The van der Waals surface area contributed by atoms with Crippen molar-refractivity contribution < 1.29 is 18.4 Å². The number of carbonyl (C=O) groups excluding carboxylic acids is 1. The lowest BCUT2D eigenvalue weighted by atomic mass is 10.1. The highest BCUT2D eigenvalue weighted by molar-refractivity contribution is 6.31. The largest absolute Gasteiger partial charge is 0.496 e. The predicted octanol–water partition coefficient (Wildman–Crippen LogP) is 3.43. The maximum atomic E-state index is 12.9. The molecular formula is C20H17ClN4O4. The number of hydrogen-bond donors (Lipinski definition) is 0. The summed E-state index contributed by atoms with van der Waals surface area (Å²) in [6, 6.07) is 10.5. The first kappa shape index (κ1) is 18.9. The highest BCUT2D eigenvalue weighted by Gasteiger charge is 2.28. The molecule has 1 aliphatic heterocycles. The van der Waals surface area contributed by atoms with Crippen LogP contribution in [0.1, 0.15) is 16.1 Å². The number of methoxy groups -OCH3 is 1. The number of anilines is 1. The van der Waals surface area contributed by atoms with Crippen LogP contribution in [0.15, 0.2) is 45.4 Å². The van der Waals surface area contributed by atoms with Gasteiger partial charge in [0.1, 0.15) is 11.8 Å². The molecule has 0 bridgehead atoms. The predicted molar refractivity (Wildman–Crippen MR) is 105 cm³/mol. The van der Waals surface area contributed by atoms with E-state index in [1.54, 1.807) is 35.2 Å². The number of aromatic nitrogens is 1. The summed E-state index contributed by atoms with van der Waals surface area (Å²) < 4.78 is 16.4. The fraction of sp³-hybridized carbons (Fsp3) is 0.250. The molecule has 0 aliphatic carbocycles. The summed E-state index contributed by atoms with van der Waals surface area (Å²) in [5.41, 5.74) is 0.610. The molecule has 0 N–H and O–H groups in total. The Labute approximate surface area is 171 Å². The zero-order chi connectivity index (χ0) is 20.4. The molecule has 3 heterocycles. The number of hydrogen-bond acceptors (Lipinski definition) is 7. The normalized spacial score (nSPS) is 14.0. The summed E-state index contributed by atoms with van der Waals surface area (Å²) in [6.45, 7) is 1.90. The van der Waals surface area contributed by atoms with Crippen LogP contribution in [0.25, 0.3) is 11.7 Å². The van der Waals surface area contributed by atoms with Crippen LogP contribution in [0.5, 0.6) is 5.75 Å². The van der Waals surface area contributed by atoms with Crippen molar-refractivity contribution in [1.82, 2.24) is 9.88 Å². The van der Waals surface area contributed by atoms with Gasteiger partial charge in [0.15, 0.2) is 5.76 Å². The maximum Gasteiger partial charge on any atom is 0.266 e. The molecule has 1 aromatic carbocycles. The molecule has 0 spiro atoms. The number of halogens is 1. The molecule has 1 saturated heterocycles. The molecule has 148 valence electrons. The molecule has 1 amide bonds. The second-order valence-electron chi connectivity index (χ2n) is 6.39. The summed E-state index contributed by atoms with van der Waals surface area (Å²) in [7, 11) is 1.52. The summed E-state index contributed by atoms with van der Waals surface area (Å²) in [5, 5.41) is 9.88. The molecular weight excluding hydrogens is 396 g/mol. The average Bonchev–Trinajstić information content (AvgIpc) is 3.43. The number of ether oxygens (including phenoxy) is 1. The third-order valence-corrected chi connectivity index (χ3v) is 4.93. The van der Waals surface area contributed by atoms with Gasteiger partial charge in [-0.1, -0.05) is 11.6 Å². The third-order valence-electron chi connectivity index (χ3n) is 4.69. The van der Waals surface area contributed by atoms with E-state index in [1.165, 1.54) is 13.4 Å². The lowest BCUT2D eigenvalue weighted by molar-refractivity contribution is 0.0742. The number of nitrogens with zero attached hydrogens (tertiary/aromatic N) is 4. The van der Waals surface area contributed by atoms with E-state index in [2.05, 4.69) is 11.1 Å². The fourth-order valence-electron chi connectivity index (χ4n) is 3.24. The van der Waals surface area contributed by atoms with Gasteiger partial charge in [-0.25, -0.2) is 0 Å². The minimum absolute atomic E-state index is 0.154. The van der Waals surface area contributed by atoms with E-state index >= 15 is 0 Å². The fourth-order valence-corrected chi connectivity index (χ4v) is 3.41. The van der Waals surface area contributed by atoms with Crippen molar-refractivity contribution in [3.8, 4) is 23.5 Å². The molecule has 1 fully saturated rings. The van der Waals surface area contributed by atoms with Crippen molar-refractivity contribution in [2.24, 2.45) is 0 Å². The van der Waals surface area contributed by atoms with E-state index in [9.17, 15) is 10.1 Å². The van der Waals surface area contributed by atoms with Crippen molar-refractivity contribution in [2.45, 2.75) is 0 Å². The third kappa shape index (κ3) is 3.65. The second kappa shape index (κ2) is 7.89. The van der Waals surface area contributed by atoms with Gasteiger partial charge in [-0.05, 0) is 30.3 Å². The number of furan rings is 1. The van der Waals surface area contributed by atoms with E-state index in [0.29, 0.717) is 54.2 Å². The van der Waals surface area contributed by atoms with Crippen LogP contribution in [-0.4, -0.2) is 49.1 Å². The van der Waals surface area contributed by atoms with Gasteiger partial charge in [0.2, 0.25) is 11.6 Å². The number of carbonyl (C=O) groups is 1. The SMILES string of the molecule is COc1ccc(Cl)cc1C(=O)N1CCN(c2oc(-c3ccco3)nc2C#N)CC1. The minimum atomic E-state index is -0.154. The highest BCUT2D eigenvalue weighted by atomic mass is 35.5. The van der Waals surface area contributed by atoms with Crippen LogP contribution in [0, 0.1) is 11.3 Å². The summed E-state index contributed by atoms with van der Waals surface area (Å²) in [6.07, 6.45) is 1.51. The van der Waals surface area contributed by atoms with Gasteiger partial charge in [-0.15, -0.1) is 0 Å². The Morgan fingerprint density at radius 2 is 2.07 bits per heavy atom. The Hall–Kier alpha value is -3.44. The maximum absolute atomic E-state index is 12.9. The molecule has 8 nitrogen and oxygen atoms in total. The zero-order valence-electron chi connectivity index (χ0n) is 15.6. The van der Waals surface area contributed by atoms with E-state index in [4.69, 9.17) is 25.2 Å². The molecule has 0 radical (unpaired) electrons. The number of benzene rings is 1. The molecule has 1 aliphatic rings. The van der Waals surface area contributed by atoms with Gasteiger partial charge in [-0.2, -0.15) is 10.2 Å². The van der Waals surface area contributed by atoms with Crippen molar-refractivity contribution >= 4 is 23.4 Å². The molecule has 2 aromatic heterocycles. The van der Waals surface area contributed by atoms with Crippen molar-refractivity contribution in [3.63, 3.8) is 0 Å². The first-order valence-corrected chi connectivity index (χ1v) is 9.31. The summed E-state index contributed by atoms with van der Waals surface area (Å²) >= 11 is 6.05. The van der Waals surface area contributed by atoms with Crippen LogP contribution in [-0.2, 0) is 0 Å². The molecule has 3 aromatic rings. The van der Waals surface area contributed by atoms with Crippen LogP contribution >= 0.6 is 11.6 Å². The zero-order valence-corrected chi connectivity index (χ0v) is 16.3. The van der Waals surface area contributed by atoms with Crippen LogP contribution in [0.4, 0.5) is 5.88 Å². The van der Waals surface area contributed by atoms with E-state index < -0.39 is 0 Å². The smallest absolute Gasteiger partial charge is 0.266 e. The van der Waals surface area contributed by atoms with Crippen LogP contribution < -0.4 is 9.64 Å². The summed E-state index contributed by atoms with van der Waals surface area (Å²) in [4.78, 5) is 20.8. The average molecular weight is 413 g/mol. The van der Waals surface area contributed by atoms with Gasteiger partial charge < -0.3 is 23.4 Å². The van der Waals surface area contributed by atoms with Gasteiger partial charge in [0.05, 0.1) is 18.9 Å². The standard InChI is InChI=1S/C20H17ClN4O4/c1-27-16-5-4-13(21)11-14(16)19(26)24-6-8-25(9-7-24)20-15(12-22)23-18(29-20)17-3-2-10-28-17/h2-5,10-11H,6-9H2,1H3. The first-order chi connectivity index (χ1) is 14.1.